The van der Waals surface area contributed by atoms with Gasteiger partial charge in [-0.15, -0.1) is 0 Å². The normalized spacial score (nSPS) is 18.4. The van der Waals surface area contributed by atoms with Gasteiger partial charge < -0.3 is 9.80 Å². The lowest BCUT2D eigenvalue weighted by Gasteiger charge is -2.38. The van der Waals surface area contributed by atoms with Crippen LogP contribution in [0.3, 0.4) is 0 Å². The molecule has 1 fully saturated rings. The molecule has 1 aliphatic heterocycles. The summed E-state index contributed by atoms with van der Waals surface area (Å²) in [7, 11) is -0.848. The Kier molecular flexibility index (Phi) is 6.03. The van der Waals surface area contributed by atoms with Gasteiger partial charge in [0.1, 0.15) is 15.7 Å². The summed E-state index contributed by atoms with van der Waals surface area (Å²) in [5.74, 6) is 0.173. The number of sulfone groups is 1. The molecule has 0 saturated carbocycles. The molecule has 0 spiro atoms. The Morgan fingerprint density at radius 2 is 2.00 bits per heavy atom. The summed E-state index contributed by atoms with van der Waals surface area (Å²) >= 11 is 0. The van der Waals surface area contributed by atoms with Crippen molar-refractivity contribution < 1.29 is 12.8 Å². The van der Waals surface area contributed by atoms with Crippen molar-refractivity contribution in [2.75, 3.05) is 43.6 Å². The van der Waals surface area contributed by atoms with E-state index in [1.807, 2.05) is 13.0 Å². The zero-order chi connectivity index (χ0) is 17.0. The lowest BCUT2D eigenvalue weighted by Crippen LogP contribution is -2.45. The highest BCUT2D eigenvalue weighted by Crippen LogP contribution is 2.23. The molecule has 1 saturated heterocycles. The first-order valence-corrected chi connectivity index (χ1v) is 10.2. The zero-order valence-electron chi connectivity index (χ0n) is 14.2. The molecule has 1 unspecified atom stereocenters. The third-order valence-electron chi connectivity index (χ3n) is 4.45. The molecule has 23 heavy (non-hydrogen) atoms. The summed E-state index contributed by atoms with van der Waals surface area (Å²) in [5.41, 5.74) is 0.941. The fourth-order valence-electron chi connectivity index (χ4n) is 3.45. The van der Waals surface area contributed by atoms with Crippen molar-refractivity contribution in [3.63, 3.8) is 0 Å². The van der Waals surface area contributed by atoms with Crippen LogP contribution < -0.4 is 4.90 Å². The summed E-state index contributed by atoms with van der Waals surface area (Å²) in [6.07, 6.45) is 3.32. The van der Waals surface area contributed by atoms with Crippen LogP contribution in [0.15, 0.2) is 24.3 Å². The Morgan fingerprint density at radius 3 is 2.57 bits per heavy atom. The highest BCUT2D eigenvalue weighted by atomic mass is 32.2. The van der Waals surface area contributed by atoms with Crippen LogP contribution in [0.2, 0.25) is 0 Å². The molecule has 1 aliphatic rings. The summed E-state index contributed by atoms with van der Waals surface area (Å²) in [4.78, 5) is 4.49. The van der Waals surface area contributed by atoms with Gasteiger partial charge in [0.05, 0.1) is 5.75 Å². The predicted octanol–water partition coefficient (Wildman–Crippen LogP) is 2.41. The summed E-state index contributed by atoms with van der Waals surface area (Å²) in [6.45, 7) is 4.58. The van der Waals surface area contributed by atoms with Crippen molar-refractivity contribution in [1.82, 2.24) is 4.90 Å². The maximum absolute atomic E-state index is 13.3. The molecule has 0 amide bonds. The van der Waals surface area contributed by atoms with Crippen LogP contribution in [0, 0.1) is 11.7 Å². The molecule has 2 rings (SSSR count). The minimum Gasteiger partial charge on any atom is -0.371 e. The smallest absolute Gasteiger partial charge is 0.147 e. The quantitative estimate of drug-likeness (QED) is 0.796. The average Bonchev–Trinajstić information content (AvgIpc) is 2.45. The molecule has 0 aromatic heterocycles. The van der Waals surface area contributed by atoms with E-state index < -0.39 is 9.84 Å². The van der Waals surface area contributed by atoms with Crippen LogP contribution in [0.4, 0.5) is 10.1 Å². The van der Waals surface area contributed by atoms with Gasteiger partial charge in [0.15, 0.2) is 0 Å². The van der Waals surface area contributed by atoms with Crippen molar-refractivity contribution in [2.24, 2.45) is 5.92 Å². The summed E-state index contributed by atoms with van der Waals surface area (Å²) in [5, 5.41) is 0. The Hall–Kier alpha value is -1.14. The van der Waals surface area contributed by atoms with Crippen molar-refractivity contribution in [1.29, 1.82) is 0 Å². The lowest BCUT2D eigenvalue weighted by atomic mass is 10.0. The maximum atomic E-state index is 13.3. The number of piperidine rings is 1. The Labute approximate surface area is 139 Å². The number of nitrogens with zero attached hydrogens (tertiary/aromatic N) is 2. The molecule has 130 valence electrons. The largest absolute Gasteiger partial charge is 0.371 e. The van der Waals surface area contributed by atoms with E-state index in [2.05, 4.69) is 16.8 Å². The predicted molar refractivity (Wildman–Crippen MR) is 93.1 cm³/mol. The SMILES string of the molecule is CC(CN(C)C1CCN(c2cccc(F)c2)CC1)CS(C)(=O)=O. The van der Waals surface area contributed by atoms with Gasteiger partial charge in [-0.2, -0.15) is 0 Å². The van der Waals surface area contributed by atoms with Crippen LogP contribution in [-0.4, -0.2) is 58.1 Å². The second kappa shape index (κ2) is 7.62. The number of rotatable bonds is 6. The van der Waals surface area contributed by atoms with Crippen LogP contribution >= 0.6 is 0 Å². The minimum absolute atomic E-state index is 0.135. The van der Waals surface area contributed by atoms with E-state index in [1.54, 1.807) is 12.1 Å². The standard InChI is InChI=1S/C17H27FN2O2S/c1-14(13-23(3,21)22)12-19(2)16-7-9-20(10-8-16)17-6-4-5-15(18)11-17/h4-6,11,14,16H,7-10,12-13H2,1-3H3. The first-order valence-electron chi connectivity index (χ1n) is 8.13. The Balaban J connectivity index is 1.84. The zero-order valence-corrected chi connectivity index (χ0v) is 15.0. The number of halogens is 1. The Bertz CT molecular complexity index is 613. The molecule has 0 bridgehead atoms. The number of benzene rings is 1. The molecule has 0 radical (unpaired) electrons. The van der Waals surface area contributed by atoms with E-state index in [-0.39, 0.29) is 17.5 Å². The lowest BCUT2D eigenvalue weighted by molar-refractivity contribution is 0.189. The first kappa shape index (κ1) is 18.2. The average molecular weight is 342 g/mol. The second-order valence-corrected chi connectivity index (χ2v) is 9.02. The van der Waals surface area contributed by atoms with E-state index in [1.165, 1.54) is 12.3 Å². The molecular formula is C17H27FN2O2S. The van der Waals surface area contributed by atoms with Gasteiger partial charge in [-0.25, -0.2) is 12.8 Å². The number of anilines is 1. The summed E-state index contributed by atoms with van der Waals surface area (Å²) in [6, 6.07) is 7.20. The molecule has 1 atom stereocenters. The highest BCUT2D eigenvalue weighted by Gasteiger charge is 2.24. The molecule has 6 heteroatoms. The van der Waals surface area contributed by atoms with Gasteiger partial charge in [0.2, 0.25) is 0 Å². The van der Waals surface area contributed by atoms with Crippen molar-refractivity contribution in [3.05, 3.63) is 30.1 Å². The van der Waals surface area contributed by atoms with E-state index in [9.17, 15) is 12.8 Å². The highest BCUT2D eigenvalue weighted by molar-refractivity contribution is 7.90. The van der Waals surface area contributed by atoms with E-state index >= 15 is 0 Å². The third-order valence-corrected chi connectivity index (χ3v) is 5.62. The van der Waals surface area contributed by atoms with Gasteiger partial charge in [0, 0.05) is 37.6 Å². The van der Waals surface area contributed by atoms with Crippen LogP contribution in [0.5, 0.6) is 0 Å². The van der Waals surface area contributed by atoms with E-state index in [4.69, 9.17) is 0 Å². The fraction of sp³-hybridized carbons (Fsp3) is 0.647. The molecule has 1 aromatic carbocycles. The van der Waals surface area contributed by atoms with Gasteiger partial charge in [-0.1, -0.05) is 13.0 Å². The van der Waals surface area contributed by atoms with E-state index in [0.29, 0.717) is 6.04 Å². The maximum Gasteiger partial charge on any atom is 0.147 e. The van der Waals surface area contributed by atoms with Gasteiger partial charge in [-0.05, 0) is 44.0 Å². The van der Waals surface area contributed by atoms with Gasteiger partial charge in [0.25, 0.3) is 0 Å². The second-order valence-electron chi connectivity index (χ2n) is 6.84. The fourth-order valence-corrected chi connectivity index (χ4v) is 4.59. The molecule has 0 N–H and O–H groups in total. The van der Waals surface area contributed by atoms with Gasteiger partial charge in [-0.3, -0.25) is 0 Å². The molecule has 1 heterocycles. The Morgan fingerprint density at radius 1 is 1.35 bits per heavy atom. The van der Waals surface area contributed by atoms with Crippen molar-refractivity contribution in [3.8, 4) is 0 Å². The third kappa shape index (κ3) is 5.77. The topological polar surface area (TPSA) is 40.6 Å². The molecule has 0 aliphatic carbocycles. The molecular weight excluding hydrogens is 315 g/mol. The monoisotopic (exact) mass is 342 g/mol. The van der Waals surface area contributed by atoms with Crippen LogP contribution in [0.1, 0.15) is 19.8 Å². The minimum atomic E-state index is -2.92. The number of hydrogen-bond acceptors (Lipinski definition) is 4. The first-order chi connectivity index (χ1) is 10.7. The summed E-state index contributed by atoms with van der Waals surface area (Å²) < 4.78 is 36.1. The van der Waals surface area contributed by atoms with Crippen molar-refractivity contribution in [2.45, 2.75) is 25.8 Å². The van der Waals surface area contributed by atoms with Crippen molar-refractivity contribution >= 4 is 15.5 Å². The number of hydrogen-bond donors (Lipinski definition) is 0. The van der Waals surface area contributed by atoms with Crippen LogP contribution in [-0.2, 0) is 9.84 Å². The van der Waals surface area contributed by atoms with E-state index in [0.717, 1.165) is 38.2 Å². The molecule has 1 aromatic rings. The van der Waals surface area contributed by atoms with Crippen LogP contribution in [0.25, 0.3) is 0 Å². The van der Waals surface area contributed by atoms with Gasteiger partial charge >= 0.3 is 0 Å². The molecule has 4 nitrogen and oxygen atoms in total.